The highest BCUT2D eigenvalue weighted by Gasteiger charge is 2.32. The van der Waals surface area contributed by atoms with Crippen molar-refractivity contribution in [1.82, 2.24) is 14.5 Å². The summed E-state index contributed by atoms with van der Waals surface area (Å²) in [6.45, 7) is 2.13. The molecule has 0 saturated carbocycles. The fraction of sp³-hybridized carbons (Fsp3) is 0.438. The highest BCUT2D eigenvalue weighted by molar-refractivity contribution is 7.91. The van der Waals surface area contributed by atoms with E-state index in [2.05, 4.69) is 15.5 Å². The SMILES string of the molecule is CC(=O)Nc1nnc(S(=O)(=O)N2CCC(Cc3ccc(F)cc3)CC2)s1. The Morgan fingerprint density at radius 3 is 2.54 bits per heavy atom. The van der Waals surface area contributed by atoms with E-state index in [-0.39, 0.29) is 21.2 Å². The fourth-order valence-electron chi connectivity index (χ4n) is 2.93. The van der Waals surface area contributed by atoms with Crippen molar-refractivity contribution in [1.29, 1.82) is 0 Å². The van der Waals surface area contributed by atoms with Gasteiger partial charge in [-0.1, -0.05) is 23.5 Å². The first-order valence-electron chi connectivity index (χ1n) is 8.20. The zero-order valence-corrected chi connectivity index (χ0v) is 15.8. The quantitative estimate of drug-likeness (QED) is 0.780. The van der Waals surface area contributed by atoms with Gasteiger partial charge in [0.15, 0.2) is 0 Å². The number of hydrogen-bond donors (Lipinski definition) is 1. The topological polar surface area (TPSA) is 92.3 Å². The lowest BCUT2D eigenvalue weighted by atomic mass is 9.91. The molecule has 10 heteroatoms. The Hall–Kier alpha value is -1.91. The van der Waals surface area contributed by atoms with E-state index in [0.717, 1.165) is 36.2 Å². The van der Waals surface area contributed by atoms with Crippen LogP contribution in [0.4, 0.5) is 9.52 Å². The number of carbonyl (C=O) groups excluding carboxylic acids is 1. The number of carbonyl (C=O) groups is 1. The van der Waals surface area contributed by atoms with Crippen molar-refractivity contribution < 1.29 is 17.6 Å². The molecule has 1 aliphatic rings. The van der Waals surface area contributed by atoms with Gasteiger partial charge in [-0.25, -0.2) is 12.8 Å². The van der Waals surface area contributed by atoms with Gasteiger partial charge in [0.2, 0.25) is 15.4 Å². The highest BCUT2D eigenvalue weighted by Crippen LogP contribution is 2.28. The normalized spacial score (nSPS) is 16.5. The Morgan fingerprint density at radius 2 is 1.92 bits per heavy atom. The Kier molecular flexibility index (Phi) is 5.64. The van der Waals surface area contributed by atoms with Gasteiger partial charge in [0.1, 0.15) is 5.82 Å². The summed E-state index contributed by atoms with van der Waals surface area (Å²) in [5.74, 6) is -0.228. The van der Waals surface area contributed by atoms with Crippen LogP contribution in [0.3, 0.4) is 0 Å². The lowest BCUT2D eigenvalue weighted by Gasteiger charge is -2.30. The van der Waals surface area contributed by atoms with Gasteiger partial charge >= 0.3 is 0 Å². The molecule has 3 rings (SSSR count). The van der Waals surface area contributed by atoms with E-state index in [4.69, 9.17) is 0 Å². The highest BCUT2D eigenvalue weighted by atomic mass is 32.2. The Morgan fingerprint density at radius 1 is 1.27 bits per heavy atom. The molecule has 140 valence electrons. The molecule has 1 fully saturated rings. The smallest absolute Gasteiger partial charge is 0.272 e. The Balaban J connectivity index is 1.60. The number of hydrogen-bond acceptors (Lipinski definition) is 6. The van der Waals surface area contributed by atoms with E-state index in [9.17, 15) is 17.6 Å². The zero-order chi connectivity index (χ0) is 18.7. The van der Waals surface area contributed by atoms with Crippen molar-refractivity contribution in [2.75, 3.05) is 18.4 Å². The zero-order valence-electron chi connectivity index (χ0n) is 14.2. The van der Waals surface area contributed by atoms with Gasteiger partial charge in [-0.05, 0) is 42.9 Å². The average Bonchev–Trinajstić information content (AvgIpc) is 3.06. The summed E-state index contributed by atoms with van der Waals surface area (Å²) in [5, 5.41) is 10.00. The minimum Gasteiger partial charge on any atom is -0.301 e. The van der Waals surface area contributed by atoms with Gasteiger partial charge in [-0.15, -0.1) is 10.2 Å². The number of amides is 1. The number of piperidine rings is 1. The number of benzene rings is 1. The summed E-state index contributed by atoms with van der Waals surface area (Å²) in [6, 6.07) is 6.42. The molecule has 2 heterocycles. The molecule has 1 saturated heterocycles. The first kappa shape index (κ1) is 18.9. The fourth-order valence-corrected chi connectivity index (χ4v) is 5.49. The van der Waals surface area contributed by atoms with Crippen molar-refractivity contribution in [2.24, 2.45) is 5.92 Å². The summed E-state index contributed by atoms with van der Waals surface area (Å²) in [7, 11) is -3.70. The number of nitrogens with one attached hydrogen (secondary N) is 1. The van der Waals surface area contributed by atoms with E-state index < -0.39 is 10.0 Å². The number of anilines is 1. The van der Waals surface area contributed by atoms with Crippen LogP contribution in [0.2, 0.25) is 0 Å². The van der Waals surface area contributed by atoms with E-state index in [1.807, 2.05) is 0 Å². The van der Waals surface area contributed by atoms with Crippen LogP contribution in [0.1, 0.15) is 25.3 Å². The van der Waals surface area contributed by atoms with Crippen molar-refractivity contribution >= 4 is 32.4 Å². The van der Waals surface area contributed by atoms with Crippen LogP contribution < -0.4 is 5.32 Å². The lowest BCUT2D eigenvalue weighted by Crippen LogP contribution is -2.38. The largest absolute Gasteiger partial charge is 0.301 e. The number of aromatic nitrogens is 2. The second-order valence-electron chi connectivity index (χ2n) is 6.23. The summed E-state index contributed by atoms with van der Waals surface area (Å²) in [4.78, 5) is 11.0. The van der Waals surface area contributed by atoms with Gasteiger partial charge in [0.25, 0.3) is 10.0 Å². The molecule has 1 N–H and O–H groups in total. The van der Waals surface area contributed by atoms with Crippen LogP contribution in [0, 0.1) is 11.7 Å². The predicted molar refractivity (Wildman–Crippen MR) is 95.8 cm³/mol. The van der Waals surface area contributed by atoms with Crippen LogP contribution >= 0.6 is 11.3 Å². The molecule has 26 heavy (non-hydrogen) atoms. The van der Waals surface area contributed by atoms with E-state index in [1.54, 1.807) is 12.1 Å². The van der Waals surface area contributed by atoms with Gasteiger partial charge in [0, 0.05) is 20.0 Å². The minimum atomic E-state index is -3.70. The van der Waals surface area contributed by atoms with Crippen LogP contribution in [-0.2, 0) is 21.2 Å². The van der Waals surface area contributed by atoms with E-state index in [0.29, 0.717) is 19.0 Å². The second kappa shape index (κ2) is 7.77. The molecule has 1 amide bonds. The first-order chi connectivity index (χ1) is 12.3. The van der Waals surface area contributed by atoms with Crippen molar-refractivity contribution in [3.8, 4) is 0 Å². The maximum Gasteiger partial charge on any atom is 0.272 e. The maximum atomic E-state index is 13.0. The van der Waals surface area contributed by atoms with E-state index in [1.165, 1.54) is 23.4 Å². The summed E-state index contributed by atoms with van der Waals surface area (Å²) in [5.41, 5.74) is 1.05. The average molecular weight is 398 g/mol. The number of sulfonamides is 1. The van der Waals surface area contributed by atoms with Crippen molar-refractivity contribution in [3.63, 3.8) is 0 Å². The molecule has 0 atom stereocenters. The Labute approximate surface area is 155 Å². The third kappa shape index (κ3) is 4.43. The molecule has 0 aliphatic carbocycles. The molecule has 0 unspecified atom stereocenters. The van der Waals surface area contributed by atoms with Crippen LogP contribution in [0.25, 0.3) is 0 Å². The van der Waals surface area contributed by atoms with Crippen molar-refractivity contribution in [2.45, 2.75) is 30.5 Å². The summed E-state index contributed by atoms with van der Waals surface area (Å²) in [6.07, 6.45) is 2.27. The molecule has 7 nitrogen and oxygen atoms in total. The standard InChI is InChI=1S/C16H19FN4O3S2/c1-11(22)18-15-19-20-16(25-15)26(23,24)21-8-6-13(7-9-21)10-12-2-4-14(17)5-3-12/h2-5,13H,6-10H2,1H3,(H,18,19,22). The number of halogens is 1. The predicted octanol–water partition coefficient (Wildman–Crippen LogP) is 2.28. The van der Waals surface area contributed by atoms with Crippen LogP contribution in [-0.4, -0.2) is 41.9 Å². The number of nitrogens with zero attached hydrogens (tertiary/aromatic N) is 3. The van der Waals surface area contributed by atoms with Crippen LogP contribution in [0.15, 0.2) is 28.6 Å². The summed E-state index contributed by atoms with van der Waals surface area (Å²) >= 11 is 0.847. The molecule has 0 radical (unpaired) electrons. The number of rotatable bonds is 5. The molecule has 0 spiro atoms. The van der Waals surface area contributed by atoms with Crippen LogP contribution in [0.5, 0.6) is 0 Å². The maximum absolute atomic E-state index is 13.0. The molecule has 0 bridgehead atoms. The molecular formula is C16H19FN4O3S2. The molecule has 2 aromatic rings. The molecule has 1 aromatic heterocycles. The third-order valence-electron chi connectivity index (χ3n) is 4.26. The second-order valence-corrected chi connectivity index (χ2v) is 9.32. The minimum absolute atomic E-state index is 0.113. The van der Waals surface area contributed by atoms with Gasteiger partial charge in [0.05, 0.1) is 0 Å². The lowest BCUT2D eigenvalue weighted by molar-refractivity contribution is -0.114. The monoisotopic (exact) mass is 398 g/mol. The van der Waals surface area contributed by atoms with Gasteiger partial charge in [-0.2, -0.15) is 4.31 Å². The molecule has 1 aromatic carbocycles. The first-order valence-corrected chi connectivity index (χ1v) is 10.5. The van der Waals surface area contributed by atoms with Gasteiger partial charge in [-0.3, -0.25) is 4.79 Å². The third-order valence-corrected chi connectivity index (χ3v) is 7.34. The molecule has 1 aliphatic heterocycles. The van der Waals surface area contributed by atoms with E-state index >= 15 is 0 Å². The molecular weight excluding hydrogens is 379 g/mol. The Bertz CT molecular complexity index is 875. The van der Waals surface area contributed by atoms with Crippen molar-refractivity contribution in [3.05, 3.63) is 35.6 Å². The van der Waals surface area contributed by atoms with Gasteiger partial charge < -0.3 is 5.32 Å². The summed E-state index contributed by atoms with van der Waals surface area (Å²) < 4.78 is 39.6.